The van der Waals surface area contributed by atoms with Crippen molar-refractivity contribution in [3.05, 3.63) is 82.0 Å². The fourth-order valence-electron chi connectivity index (χ4n) is 3.03. The molecule has 30 heavy (non-hydrogen) atoms. The summed E-state index contributed by atoms with van der Waals surface area (Å²) in [4.78, 5) is 8.83. The van der Waals surface area contributed by atoms with Gasteiger partial charge in [0.05, 0.1) is 22.2 Å². The maximum absolute atomic E-state index is 8.94. The summed E-state index contributed by atoms with van der Waals surface area (Å²) in [5.41, 5.74) is 1.98. The molecule has 7 heteroatoms. The zero-order chi connectivity index (χ0) is 21.1. The monoisotopic (exact) mass is 434 g/mol. The van der Waals surface area contributed by atoms with Gasteiger partial charge in [-0.25, -0.2) is 4.98 Å². The van der Waals surface area contributed by atoms with Gasteiger partial charge in [0.1, 0.15) is 10.9 Å². The van der Waals surface area contributed by atoms with E-state index in [9.17, 15) is 0 Å². The van der Waals surface area contributed by atoms with Crippen LogP contribution in [0.4, 0.5) is 11.6 Å². The van der Waals surface area contributed by atoms with Crippen molar-refractivity contribution in [2.45, 2.75) is 13.3 Å². The van der Waals surface area contributed by atoms with E-state index < -0.39 is 0 Å². The summed E-state index contributed by atoms with van der Waals surface area (Å²) in [5, 5.41) is 14.8. The smallest absolute Gasteiger partial charge is 0.231 e. The average molecular weight is 435 g/mol. The highest BCUT2D eigenvalue weighted by atomic mass is 35.5. The third-order valence-corrected chi connectivity index (χ3v) is 5.28. The van der Waals surface area contributed by atoms with Crippen LogP contribution >= 0.6 is 23.2 Å². The number of rotatable bonds is 5. The standard InChI is InChI=1S/C23H16Cl2N4O/c1-2-17-21(25)28-23(27-16-10-7-14(13-26)8-11-16)29-22(17)30-19-12-9-15-5-3-4-6-18(15)20(19)24/h3-12H,2H2,1H3,(H,27,28,29). The quantitative estimate of drug-likeness (QED) is 0.345. The number of nitriles is 1. The van der Waals surface area contributed by atoms with Gasteiger partial charge in [-0.15, -0.1) is 0 Å². The summed E-state index contributed by atoms with van der Waals surface area (Å²) in [6.45, 7) is 1.95. The van der Waals surface area contributed by atoms with Crippen LogP contribution in [0.15, 0.2) is 60.7 Å². The highest BCUT2D eigenvalue weighted by molar-refractivity contribution is 6.37. The van der Waals surface area contributed by atoms with E-state index in [1.165, 1.54) is 0 Å². The van der Waals surface area contributed by atoms with Crippen LogP contribution in [-0.4, -0.2) is 9.97 Å². The summed E-state index contributed by atoms with van der Waals surface area (Å²) in [5.74, 6) is 1.11. The Hall–Kier alpha value is -3.33. The van der Waals surface area contributed by atoms with Crippen molar-refractivity contribution >= 4 is 45.6 Å². The van der Waals surface area contributed by atoms with Crippen molar-refractivity contribution in [3.63, 3.8) is 0 Å². The predicted octanol–water partition coefficient (Wildman–Crippen LogP) is 6.91. The lowest BCUT2D eigenvalue weighted by Gasteiger charge is -2.14. The molecule has 0 radical (unpaired) electrons. The van der Waals surface area contributed by atoms with E-state index in [0.717, 1.165) is 16.5 Å². The van der Waals surface area contributed by atoms with E-state index in [0.29, 0.717) is 39.4 Å². The van der Waals surface area contributed by atoms with Gasteiger partial charge in [-0.05, 0) is 42.1 Å². The molecule has 0 atom stereocenters. The number of hydrogen-bond donors (Lipinski definition) is 1. The first-order chi connectivity index (χ1) is 14.6. The van der Waals surface area contributed by atoms with Crippen molar-refractivity contribution in [1.29, 1.82) is 5.26 Å². The predicted molar refractivity (Wildman–Crippen MR) is 120 cm³/mol. The number of halogens is 2. The summed E-state index contributed by atoms with van der Waals surface area (Å²) >= 11 is 13.0. The van der Waals surface area contributed by atoms with E-state index in [-0.39, 0.29) is 5.95 Å². The van der Waals surface area contributed by atoms with E-state index in [1.807, 2.05) is 43.3 Å². The molecule has 0 fully saturated rings. The Morgan fingerprint density at radius 1 is 1.00 bits per heavy atom. The van der Waals surface area contributed by atoms with Crippen LogP contribution in [-0.2, 0) is 6.42 Å². The van der Waals surface area contributed by atoms with E-state index in [1.54, 1.807) is 24.3 Å². The van der Waals surface area contributed by atoms with Crippen molar-refractivity contribution in [2.75, 3.05) is 5.32 Å². The first-order valence-electron chi connectivity index (χ1n) is 9.27. The van der Waals surface area contributed by atoms with Crippen LogP contribution in [0.25, 0.3) is 10.8 Å². The normalized spacial score (nSPS) is 10.6. The molecule has 4 rings (SSSR count). The molecule has 0 aliphatic heterocycles. The van der Waals surface area contributed by atoms with Crippen LogP contribution in [0.1, 0.15) is 18.1 Å². The molecule has 0 spiro atoms. The number of nitrogens with zero attached hydrogens (tertiary/aromatic N) is 3. The highest BCUT2D eigenvalue weighted by Crippen LogP contribution is 2.37. The Morgan fingerprint density at radius 3 is 2.50 bits per heavy atom. The lowest BCUT2D eigenvalue weighted by molar-refractivity contribution is 0.457. The number of hydrogen-bond acceptors (Lipinski definition) is 5. The van der Waals surface area contributed by atoms with Crippen LogP contribution in [0.2, 0.25) is 10.2 Å². The van der Waals surface area contributed by atoms with Crippen LogP contribution < -0.4 is 10.1 Å². The minimum atomic E-state index is 0.286. The average Bonchev–Trinajstić information content (AvgIpc) is 2.76. The molecule has 4 aromatic rings. The topological polar surface area (TPSA) is 70.8 Å². The maximum atomic E-state index is 8.94. The first-order valence-corrected chi connectivity index (χ1v) is 10.0. The van der Waals surface area contributed by atoms with Gasteiger partial charge in [0, 0.05) is 11.1 Å². The second-order valence-electron chi connectivity index (χ2n) is 6.49. The third kappa shape index (κ3) is 4.02. The van der Waals surface area contributed by atoms with Crippen molar-refractivity contribution in [2.24, 2.45) is 0 Å². The minimum absolute atomic E-state index is 0.286. The fourth-order valence-corrected chi connectivity index (χ4v) is 3.60. The van der Waals surface area contributed by atoms with Crippen molar-refractivity contribution in [3.8, 4) is 17.7 Å². The number of benzene rings is 3. The zero-order valence-corrected chi connectivity index (χ0v) is 17.5. The molecular formula is C23H16Cl2N4O. The molecule has 0 aliphatic rings. The maximum Gasteiger partial charge on any atom is 0.231 e. The second-order valence-corrected chi connectivity index (χ2v) is 7.23. The molecule has 0 amide bonds. The third-order valence-electron chi connectivity index (χ3n) is 4.58. The van der Waals surface area contributed by atoms with E-state index >= 15 is 0 Å². The molecule has 1 N–H and O–H groups in total. The first kappa shape index (κ1) is 20.0. The Bertz CT molecular complexity index is 1270. The van der Waals surface area contributed by atoms with Gasteiger partial charge < -0.3 is 10.1 Å². The molecule has 5 nitrogen and oxygen atoms in total. The second kappa shape index (κ2) is 8.58. The highest BCUT2D eigenvalue weighted by Gasteiger charge is 2.16. The van der Waals surface area contributed by atoms with E-state index in [2.05, 4.69) is 21.4 Å². The number of anilines is 2. The Balaban J connectivity index is 1.70. The summed E-state index contributed by atoms with van der Waals surface area (Å²) in [6, 6.07) is 20.6. The summed E-state index contributed by atoms with van der Waals surface area (Å²) in [6.07, 6.45) is 0.594. The molecular weight excluding hydrogens is 419 g/mol. The Morgan fingerprint density at radius 2 is 1.77 bits per heavy atom. The molecule has 148 valence electrons. The SMILES string of the molecule is CCc1c(Cl)nc(Nc2ccc(C#N)cc2)nc1Oc1ccc2ccccc2c1Cl. The van der Waals surface area contributed by atoms with E-state index in [4.69, 9.17) is 33.2 Å². The number of aromatic nitrogens is 2. The molecule has 1 heterocycles. The summed E-state index contributed by atoms with van der Waals surface area (Å²) in [7, 11) is 0. The van der Waals surface area contributed by atoms with Gasteiger partial charge in [0.25, 0.3) is 0 Å². The van der Waals surface area contributed by atoms with Gasteiger partial charge in [-0.3, -0.25) is 0 Å². The largest absolute Gasteiger partial charge is 0.437 e. The molecule has 1 aromatic heterocycles. The zero-order valence-electron chi connectivity index (χ0n) is 16.0. The van der Waals surface area contributed by atoms with Crippen LogP contribution in [0.5, 0.6) is 11.6 Å². The Labute approximate surface area is 183 Å². The lowest BCUT2D eigenvalue weighted by Crippen LogP contribution is -2.03. The summed E-state index contributed by atoms with van der Waals surface area (Å²) < 4.78 is 6.08. The molecule has 0 saturated heterocycles. The number of fused-ring (bicyclic) bond motifs is 1. The van der Waals surface area contributed by atoms with Gasteiger partial charge in [0.15, 0.2) is 0 Å². The number of ether oxygens (including phenoxy) is 1. The minimum Gasteiger partial charge on any atom is -0.437 e. The molecule has 0 aliphatic carbocycles. The van der Waals surface area contributed by atoms with Crippen LogP contribution in [0, 0.1) is 11.3 Å². The van der Waals surface area contributed by atoms with Gasteiger partial charge in [-0.2, -0.15) is 10.2 Å². The Kier molecular flexibility index (Phi) is 5.71. The number of nitrogens with one attached hydrogen (secondary N) is 1. The van der Waals surface area contributed by atoms with Gasteiger partial charge in [-0.1, -0.05) is 60.5 Å². The molecule has 3 aromatic carbocycles. The molecule has 0 unspecified atom stereocenters. The van der Waals surface area contributed by atoms with Crippen molar-refractivity contribution in [1.82, 2.24) is 9.97 Å². The molecule has 0 bridgehead atoms. The van der Waals surface area contributed by atoms with Crippen LogP contribution in [0.3, 0.4) is 0 Å². The van der Waals surface area contributed by atoms with Crippen molar-refractivity contribution < 1.29 is 4.74 Å². The van der Waals surface area contributed by atoms with Gasteiger partial charge in [0.2, 0.25) is 11.8 Å². The lowest BCUT2D eigenvalue weighted by atomic mass is 10.1. The molecule has 0 saturated carbocycles. The fraction of sp³-hybridized carbons (Fsp3) is 0.0870. The van der Waals surface area contributed by atoms with Gasteiger partial charge >= 0.3 is 0 Å².